The van der Waals surface area contributed by atoms with E-state index in [1.165, 1.54) is 0 Å². The van der Waals surface area contributed by atoms with Crippen LogP contribution in [-0.2, 0) is 11.3 Å². The topological polar surface area (TPSA) is 41.1 Å². The molecule has 104 valence electrons. The van der Waals surface area contributed by atoms with Crippen LogP contribution in [-0.4, -0.2) is 18.5 Å². The molecule has 1 aliphatic heterocycles. The highest BCUT2D eigenvalue weighted by atomic mass is 19.1. The molecule has 3 nitrogen and oxygen atoms in total. The highest BCUT2D eigenvalue weighted by Gasteiger charge is 2.21. The number of nitrogens with one attached hydrogen (secondary N) is 2. The van der Waals surface area contributed by atoms with Crippen LogP contribution in [0.4, 0.5) is 13.2 Å². The maximum absolute atomic E-state index is 13.4. The minimum Gasteiger partial charge on any atom is -0.350 e. The molecule has 19 heavy (non-hydrogen) atoms. The van der Waals surface area contributed by atoms with Crippen LogP contribution in [0.2, 0.25) is 0 Å². The summed E-state index contributed by atoms with van der Waals surface area (Å²) >= 11 is 0. The van der Waals surface area contributed by atoms with Crippen molar-refractivity contribution in [3.63, 3.8) is 0 Å². The average Bonchev–Trinajstić information content (AvgIpc) is 2.38. The van der Waals surface area contributed by atoms with Gasteiger partial charge in [-0.15, -0.1) is 0 Å². The summed E-state index contributed by atoms with van der Waals surface area (Å²) in [4.78, 5) is 11.8. The quantitative estimate of drug-likeness (QED) is 0.882. The molecule has 1 heterocycles. The molecule has 6 heteroatoms. The summed E-state index contributed by atoms with van der Waals surface area (Å²) in [6.07, 6.45) is 2.68. The fraction of sp³-hybridized carbons (Fsp3) is 0.462. The Morgan fingerprint density at radius 1 is 1.26 bits per heavy atom. The number of hydrogen-bond acceptors (Lipinski definition) is 2. The number of benzene rings is 1. The van der Waals surface area contributed by atoms with E-state index in [4.69, 9.17) is 0 Å². The van der Waals surface area contributed by atoms with E-state index >= 15 is 0 Å². The lowest BCUT2D eigenvalue weighted by molar-refractivity contribution is -0.123. The van der Waals surface area contributed by atoms with Gasteiger partial charge in [-0.1, -0.05) is 6.42 Å². The van der Waals surface area contributed by atoms with Gasteiger partial charge in [0, 0.05) is 24.2 Å². The van der Waals surface area contributed by atoms with Crippen LogP contribution in [0.5, 0.6) is 0 Å². The SMILES string of the molecule is O=C(NCc1c(F)cc(F)cc1F)C1CCCCN1. The number of piperidine rings is 1. The summed E-state index contributed by atoms with van der Waals surface area (Å²) in [5.41, 5.74) is -0.328. The molecule has 0 aromatic heterocycles. The Labute approximate surface area is 109 Å². The summed E-state index contributed by atoms with van der Waals surface area (Å²) in [5, 5.41) is 5.50. The van der Waals surface area contributed by atoms with Gasteiger partial charge in [0.25, 0.3) is 0 Å². The average molecular weight is 272 g/mol. The molecule has 2 rings (SSSR count). The molecule has 0 saturated carbocycles. The molecule has 1 aliphatic rings. The molecule has 1 aromatic rings. The minimum atomic E-state index is -0.991. The van der Waals surface area contributed by atoms with Crippen molar-refractivity contribution < 1.29 is 18.0 Å². The smallest absolute Gasteiger partial charge is 0.237 e. The first-order valence-electron chi connectivity index (χ1n) is 6.22. The highest BCUT2D eigenvalue weighted by Crippen LogP contribution is 2.15. The maximum atomic E-state index is 13.4. The number of halogens is 3. The Bertz CT molecular complexity index is 450. The standard InChI is InChI=1S/C13H15F3N2O/c14-8-5-10(15)9(11(16)6-8)7-18-13(19)12-3-1-2-4-17-12/h5-6,12,17H,1-4,7H2,(H,18,19). The minimum absolute atomic E-state index is 0.283. The summed E-state index contributed by atoms with van der Waals surface area (Å²) < 4.78 is 39.4. The van der Waals surface area contributed by atoms with Gasteiger partial charge >= 0.3 is 0 Å². The van der Waals surface area contributed by atoms with E-state index in [0.717, 1.165) is 19.4 Å². The third-order valence-electron chi connectivity index (χ3n) is 3.17. The van der Waals surface area contributed by atoms with Crippen molar-refractivity contribution in [1.82, 2.24) is 10.6 Å². The lowest BCUT2D eigenvalue weighted by atomic mass is 10.0. The third-order valence-corrected chi connectivity index (χ3v) is 3.17. The van der Waals surface area contributed by atoms with Gasteiger partial charge in [-0.25, -0.2) is 13.2 Å². The van der Waals surface area contributed by atoms with Crippen LogP contribution < -0.4 is 10.6 Å². The zero-order valence-corrected chi connectivity index (χ0v) is 10.3. The van der Waals surface area contributed by atoms with E-state index in [1.807, 2.05) is 0 Å². The van der Waals surface area contributed by atoms with Crippen molar-refractivity contribution in [3.05, 3.63) is 35.1 Å². The Balaban J connectivity index is 1.96. The van der Waals surface area contributed by atoms with Crippen LogP contribution in [0.15, 0.2) is 12.1 Å². The molecule has 1 unspecified atom stereocenters. The van der Waals surface area contributed by atoms with Gasteiger partial charge in [0.2, 0.25) is 5.91 Å². The second-order valence-electron chi connectivity index (χ2n) is 4.57. The largest absolute Gasteiger partial charge is 0.350 e. The number of rotatable bonds is 3. The monoisotopic (exact) mass is 272 g/mol. The molecular weight excluding hydrogens is 257 g/mol. The Morgan fingerprint density at radius 3 is 2.53 bits per heavy atom. The molecule has 0 bridgehead atoms. The molecule has 0 spiro atoms. The van der Waals surface area contributed by atoms with Gasteiger partial charge in [-0.2, -0.15) is 0 Å². The number of hydrogen-bond donors (Lipinski definition) is 2. The van der Waals surface area contributed by atoms with Crippen LogP contribution in [0.25, 0.3) is 0 Å². The number of amides is 1. The summed E-state index contributed by atoms with van der Waals surface area (Å²) in [5.74, 6) is -3.24. The van der Waals surface area contributed by atoms with Crippen LogP contribution in [0, 0.1) is 17.5 Å². The van der Waals surface area contributed by atoms with Crippen molar-refractivity contribution in [2.24, 2.45) is 0 Å². The van der Waals surface area contributed by atoms with E-state index in [-0.39, 0.29) is 24.1 Å². The molecule has 1 amide bonds. The molecule has 2 N–H and O–H groups in total. The van der Waals surface area contributed by atoms with Crippen molar-refractivity contribution >= 4 is 5.91 Å². The first-order valence-corrected chi connectivity index (χ1v) is 6.22. The van der Waals surface area contributed by atoms with Gasteiger partial charge in [0.05, 0.1) is 6.04 Å². The summed E-state index contributed by atoms with van der Waals surface area (Å²) in [6.45, 7) is 0.478. The van der Waals surface area contributed by atoms with Crippen LogP contribution in [0.3, 0.4) is 0 Å². The fourth-order valence-electron chi connectivity index (χ4n) is 2.12. The van der Waals surface area contributed by atoms with Crippen LogP contribution in [0.1, 0.15) is 24.8 Å². The zero-order valence-electron chi connectivity index (χ0n) is 10.3. The number of carbonyl (C=O) groups excluding carboxylic acids is 1. The zero-order chi connectivity index (χ0) is 13.8. The molecule has 1 fully saturated rings. The lowest BCUT2D eigenvalue weighted by Gasteiger charge is -2.22. The predicted octanol–water partition coefficient (Wildman–Crippen LogP) is 1.86. The first kappa shape index (κ1) is 13.9. The molecule has 1 atom stereocenters. The van der Waals surface area contributed by atoms with Gasteiger partial charge in [-0.3, -0.25) is 4.79 Å². The normalized spacial score (nSPS) is 19.2. The highest BCUT2D eigenvalue weighted by molar-refractivity contribution is 5.81. The molecule has 1 saturated heterocycles. The van der Waals surface area contributed by atoms with Crippen molar-refractivity contribution in [2.45, 2.75) is 31.8 Å². The first-order chi connectivity index (χ1) is 9.08. The Kier molecular flexibility index (Phi) is 4.42. The van der Waals surface area contributed by atoms with E-state index in [2.05, 4.69) is 10.6 Å². The molecule has 0 aliphatic carbocycles. The van der Waals surface area contributed by atoms with Crippen LogP contribution >= 0.6 is 0 Å². The van der Waals surface area contributed by atoms with E-state index in [1.54, 1.807) is 0 Å². The van der Waals surface area contributed by atoms with Crippen molar-refractivity contribution in [2.75, 3.05) is 6.54 Å². The van der Waals surface area contributed by atoms with Crippen molar-refractivity contribution in [1.29, 1.82) is 0 Å². The van der Waals surface area contributed by atoms with Gasteiger partial charge < -0.3 is 10.6 Å². The second kappa shape index (κ2) is 6.06. The van der Waals surface area contributed by atoms with Gasteiger partial charge in [-0.05, 0) is 19.4 Å². The maximum Gasteiger partial charge on any atom is 0.237 e. The van der Waals surface area contributed by atoms with E-state index in [0.29, 0.717) is 18.6 Å². The van der Waals surface area contributed by atoms with Gasteiger partial charge in [0.15, 0.2) is 0 Å². The fourth-order valence-corrected chi connectivity index (χ4v) is 2.12. The Hall–Kier alpha value is -1.56. The lowest BCUT2D eigenvalue weighted by Crippen LogP contribution is -2.46. The molecule has 1 aromatic carbocycles. The third kappa shape index (κ3) is 3.47. The van der Waals surface area contributed by atoms with Gasteiger partial charge in [0.1, 0.15) is 17.5 Å². The van der Waals surface area contributed by atoms with E-state index in [9.17, 15) is 18.0 Å². The van der Waals surface area contributed by atoms with Crippen molar-refractivity contribution in [3.8, 4) is 0 Å². The predicted molar refractivity (Wildman–Crippen MR) is 63.8 cm³/mol. The molecule has 0 radical (unpaired) electrons. The number of carbonyl (C=O) groups is 1. The summed E-state index contributed by atoms with van der Waals surface area (Å²) in [6, 6.07) is 0.882. The molecular formula is C13H15F3N2O. The Morgan fingerprint density at radius 2 is 1.95 bits per heavy atom. The summed E-state index contributed by atoms with van der Waals surface area (Å²) in [7, 11) is 0. The second-order valence-corrected chi connectivity index (χ2v) is 4.57. The van der Waals surface area contributed by atoms with E-state index < -0.39 is 17.5 Å².